The number of ether oxygens (including phenoxy) is 2. The van der Waals surface area contributed by atoms with Crippen LogP contribution in [-0.4, -0.2) is 75.6 Å². The minimum Gasteiger partial charge on any atom is -0.457 e. The van der Waals surface area contributed by atoms with Gasteiger partial charge in [-0.1, -0.05) is 140 Å². The molecule has 0 aliphatic rings. The Labute approximate surface area is 327 Å². The normalized spacial score (nSPS) is 14.2. The van der Waals surface area contributed by atoms with Gasteiger partial charge in [-0.25, -0.2) is 4.57 Å². The smallest absolute Gasteiger partial charge is 0.457 e. The van der Waals surface area contributed by atoms with Gasteiger partial charge in [0.15, 0.2) is 0 Å². The summed E-state index contributed by atoms with van der Waals surface area (Å²) in [5.74, 6) is -0.326. The van der Waals surface area contributed by atoms with Crippen molar-refractivity contribution in [2.75, 3.05) is 54.1 Å². The van der Waals surface area contributed by atoms with Crippen molar-refractivity contribution in [3.63, 3.8) is 0 Å². The zero-order valence-electron chi connectivity index (χ0n) is 35.3. The molecule has 9 heteroatoms. The Hall–Kier alpha value is -1.28. The Morgan fingerprint density at radius 1 is 0.585 bits per heavy atom. The number of carbonyl (C=O) groups is 1. The van der Waals surface area contributed by atoms with Gasteiger partial charge in [0, 0.05) is 13.0 Å². The highest BCUT2D eigenvalue weighted by molar-refractivity contribution is 7.47. The lowest BCUT2D eigenvalue weighted by Crippen LogP contribution is -2.37. The van der Waals surface area contributed by atoms with E-state index in [2.05, 4.69) is 50.3 Å². The molecule has 0 rings (SSSR count). The van der Waals surface area contributed by atoms with E-state index in [4.69, 9.17) is 18.5 Å². The molecule has 0 bridgehead atoms. The summed E-state index contributed by atoms with van der Waals surface area (Å²) in [5.41, 5.74) is 0. The molecule has 0 saturated heterocycles. The third-order valence-corrected chi connectivity index (χ3v) is 10.2. The number of carbonyl (C=O) groups excluding carboxylic acids is 1. The van der Waals surface area contributed by atoms with E-state index in [1.807, 2.05) is 21.1 Å². The maximum absolute atomic E-state index is 12.7. The highest BCUT2D eigenvalue weighted by Crippen LogP contribution is 2.43. The second-order valence-corrected chi connectivity index (χ2v) is 17.2. The van der Waals surface area contributed by atoms with E-state index >= 15 is 0 Å². The van der Waals surface area contributed by atoms with Crippen LogP contribution in [0.1, 0.15) is 181 Å². The number of esters is 1. The van der Waals surface area contributed by atoms with Crippen LogP contribution in [-0.2, 0) is 27.9 Å². The van der Waals surface area contributed by atoms with Crippen LogP contribution in [0.2, 0.25) is 0 Å². The molecule has 0 fully saturated rings. The summed E-state index contributed by atoms with van der Waals surface area (Å²) in [6.07, 6.45) is 43.1. The molecule has 53 heavy (non-hydrogen) atoms. The van der Waals surface area contributed by atoms with Gasteiger partial charge < -0.3 is 18.9 Å². The number of hydrogen-bond donors (Lipinski definition) is 1. The van der Waals surface area contributed by atoms with E-state index in [0.29, 0.717) is 24.1 Å². The van der Waals surface area contributed by atoms with E-state index in [1.54, 1.807) is 0 Å². The molecule has 0 amide bonds. The average Bonchev–Trinajstić information content (AvgIpc) is 3.11. The first-order valence-corrected chi connectivity index (χ1v) is 23.2. The molecule has 0 heterocycles. The lowest BCUT2D eigenvalue weighted by molar-refractivity contribution is -0.870. The molecule has 0 aliphatic carbocycles. The van der Waals surface area contributed by atoms with Gasteiger partial charge in [0.1, 0.15) is 19.3 Å². The Bertz CT molecular complexity index is 947. The summed E-state index contributed by atoms with van der Waals surface area (Å²) in [6.45, 7) is 5.56. The maximum atomic E-state index is 12.7. The largest absolute Gasteiger partial charge is 0.472 e. The lowest BCUT2D eigenvalue weighted by atomic mass is 10.1. The molecule has 2 unspecified atom stereocenters. The Kier molecular flexibility index (Phi) is 36.7. The van der Waals surface area contributed by atoms with E-state index in [0.717, 1.165) is 51.4 Å². The Morgan fingerprint density at radius 2 is 1.04 bits per heavy atom. The number of rotatable bonds is 40. The number of likely N-dealkylation sites (N-methyl/N-ethyl adjacent to an activating group) is 1. The van der Waals surface area contributed by atoms with Gasteiger partial charge in [-0.15, -0.1) is 0 Å². The number of phosphoric ester groups is 1. The minimum absolute atomic E-state index is 0.0856. The second-order valence-electron chi connectivity index (χ2n) is 15.7. The van der Waals surface area contributed by atoms with Crippen molar-refractivity contribution in [1.29, 1.82) is 0 Å². The van der Waals surface area contributed by atoms with Crippen molar-refractivity contribution in [2.24, 2.45) is 0 Å². The first-order chi connectivity index (χ1) is 25.6. The molecule has 8 nitrogen and oxygen atoms in total. The second kappa shape index (κ2) is 37.6. The third kappa shape index (κ3) is 41.7. The number of unbranched alkanes of at least 4 members (excludes halogenated alkanes) is 20. The van der Waals surface area contributed by atoms with Crippen LogP contribution in [0.3, 0.4) is 0 Å². The van der Waals surface area contributed by atoms with Gasteiger partial charge in [-0.2, -0.15) is 0 Å². The summed E-state index contributed by atoms with van der Waals surface area (Å²) in [4.78, 5) is 22.8. The fourth-order valence-electron chi connectivity index (χ4n) is 5.75. The topological polar surface area (TPSA) is 91.3 Å². The predicted molar refractivity (Wildman–Crippen MR) is 224 cm³/mol. The monoisotopic (exact) mass is 771 g/mol. The van der Waals surface area contributed by atoms with Crippen LogP contribution in [0.25, 0.3) is 0 Å². The summed E-state index contributed by atoms with van der Waals surface area (Å²) in [7, 11) is 1.66. The number of phosphoric acid groups is 1. The molecule has 0 aromatic heterocycles. The van der Waals surface area contributed by atoms with Crippen LogP contribution in [0.4, 0.5) is 0 Å². The first kappa shape index (κ1) is 51.7. The average molecular weight is 771 g/mol. The third-order valence-electron chi connectivity index (χ3n) is 9.17. The Balaban J connectivity index is 4.24. The molecule has 1 N–H and O–H groups in total. The highest BCUT2D eigenvalue weighted by Gasteiger charge is 2.26. The molecule has 0 aromatic carbocycles. The Morgan fingerprint density at radius 3 is 1.58 bits per heavy atom. The standard InChI is InChI=1S/C44H84NO7P/c1-6-8-10-12-14-16-18-20-21-22-23-24-26-28-30-32-34-36-39-49-41-43(42-51-53(47,48)50-40-38-45(3,4)5)52-44(46)37-35-33-31-29-27-25-19-17-15-13-11-9-7-2/h14,16-17,19-21,43H,6-13,15,18,22-42H2,1-5H3/p+1/b16-14-,19-17-,21-20-. The first-order valence-electron chi connectivity index (χ1n) is 21.7. The number of nitrogens with zero attached hydrogens (tertiary/aromatic N) is 1. The zero-order chi connectivity index (χ0) is 39.1. The van der Waals surface area contributed by atoms with E-state index in [9.17, 15) is 14.3 Å². The predicted octanol–water partition coefficient (Wildman–Crippen LogP) is 12.6. The molecular formula is C44H85NO7P+. The molecule has 0 saturated carbocycles. The van der Waals surface area contributed by atoms with E-state index in [1.165, 1.54) is 109 Å². The fourth-order valence-corrected chi connectivity index (χ4v) is 6.49. The van der Waals surface area contributed by atoms with Crippen LogP contribution < -0.4 is 0 Å². The number of quaternary nitrogens is 1. The quantitative estimate of drug-likeness (QED) is 0.0218. The van der Waals surface area contributed by atoms with Gasteiger partial charge in [-0.3, -0.25) is 13.8 Å². The van der Waals surface area contributed by atoms with Crippen LogP contribution in [0, 0.1) is 0 Å². The summed E-state index contributed by atoms with van der Waals surface area (Å²) >= 11 is 0. The van der Waals surface area contributed by atoms with Gasteiger partial charge in [0.05, 0.1) is 34.4 Å². The number of hydrogen-bond acceptors (Lipinski definition) is 6. The van der Waals surface area contributed by atoms with Crippen molar-refractivity contribution in [3.8, 4) is 0 Å². The molecule has 0 radical (unpaired) electrons. The lowest BCUT2D eigenvalue weighted by Gasteiger charge is -2.24. The SMILES string of the molecule is CCCCC/C=C\C/C=C\CCCCCCCCCCOCC(COP(=O)(O)OCC[N+](C)(C)C)OC(=O)CCCCCCC/C=C\CCCCCC. The van der Waals surface area contributed by atoms with Crippen LogP contribution in [0.15, 0.2) is 36.5 Å². The van der Waals surface area contributed by atoms with Crippen LogP contribution >= 0.6 is 7.82 Å². The van der Waals surface area contributed by atoms with Crippen molar-refractivity contribution < 1.29 is 37.3 Å². The molecule has 0 aliphatic heterocycles. The van der Waals surface area contributed by atoms with Crippen molar-refractivity contribution in [3.05, 3.63) is 36.5 Å². The van der Waals surface area contributed by atoms with Crippen LogP contribution in [0.5, 0.6) is 0 Å². The maximum Gasteiger partial charge on any atom is 0.472 e. The minimum atomic E-state index is -4.27. The van der Waals surface area contributed by atoms with Crippen molar-refractivity contribution in [2.45, 2.75) is 187 Å². The molecule has 0 aromatic rings. The van der Waals surface area contributed by atoms with Gasteiger partial charge in [0.25, 0.3) is 0 Å². The molecule has 312 valence electrons. The van der Waals surface area contributed by atoms with Crippen molar-refractivity contribution in [1.82, 2.24) is 0 Å². The van der Waals surface area contributed by atoms with Gasteiger partial charge >= 0.3 is 13.8 Å². The highest BCUT2D eigenvalue weighted by atomic mass is 31.2. The summed E-state index contributed by atoms with van der Waals surface area (Å²) < 4.78 is 35.0. The van der Waals surface area contributed by atoms with E-state index < -0.39 is 13.9 Å². The fraction of sp³-hybridized carbons (Fsp3) is 0.841. The summed E-state index contributed by atoms with van der Waals surface area (Å²) in [6, 6.07) is 0. The van der Waals surface area contributed by atoms with Gasteiger partial charge in [0.2, 0.25) is 0 Å². The molecular weight excluding hydrogens is 685 g/mol. The molecule has 2 atom stereocenters. The van der Waals surface area contributed by atoms with E-state index in [-0.39, 0.29) is 25.8 Å². The molecule has 0 spiro atoms. The zero-order valence-corrected chi connectivity index (χ0v) is 36.1. The summed E-state index contributed by atoms with van der Waals surface area (Å²) in [5, 5.41) is 0. The number of allylic oxidation sites excluding steroid dienone is 6. The van der Waals surface area contributed by atoms with Gasteiger partial charge in [-0.05, 0) is 70.6 Å². The van der Waals surface area contributed by atoms with Crippen molar-refractivity contribution >= 4 is 13.8 Å².